The van der Waals surface area contributed by atoms with Crippen molar-refractivity contribution in [3.8, 4) is 5.75 Å². The van der Waals surface area contributed by atoms with E-state index in [0.717, 1.165) is 0 Å². The van der Waals surface area contributed by atoms with Crippen LogP contribution in [0.25, 0.3) is 0 Å². The summed E-state index contributed by atoms with van der Waals surface area (Å²) in [7, 11) is 1.58. The molecule has 94 valence electrons. The Morgan fingerprint density at radius 1 is 1.22 bits per heavy atom. The van der Waals surface area contributed by atoms with E-state index >= 15 is 0 Å². The van der Waals surface area contributed by atoms with Gasteiger partial charge in [-0.1, -0.05) is 23.7 Å². The first kappa shape index (κ1) is 12.7. The first-order valence-corrected chi connectivity index (χ1v) is 5.86. The minimum atomic E-state index is -0.821. The number of hydrogen-bond donors (Lipinski definition) is 2. The Morgan fingerprint density at radius 3 is 2.72 bits per heavy atom. The number of nitrogen functional groups attached to an aromatic ring is 1. The fourth-order valence-corrected chi connectivity index (χ4v) is 1.95. The molecular weight excluding hydrogens is 250 g/mol. The van der Waals surface area contributed by atoms with E-state index in [-0.39, 0.29) is 0 Å². The Balaban J connectivity index is 2.40. The highest BCUT2D eigenvalue weighted by atomic mass is 35.5. The molecule has 0 aromatic heterocycles. The molecule has 2 aromatic rings. The predicted octanol–water partition coefficient (Wildman–Crippen LogP) is 3.01. The van der Waals surface area contributed by atoms with Crippen LogP contribution >= 0.6 is 11.6 Å². The fraction of sp³-hybridized carbons (Fsp3) is 0.143. The Morgan fingerprint density at radius 2 is 2.00 bits per heavy atom. The van der Waals surface area contributed by atoms with Crippen molar-refractivity contribution < 1.29 is 9.84 Å². The van der Waals surface area contributed by atoms with Gasteiger partial charge in [0.05, 0.1) is 7.11 Å². The Kier molecular flexibility index (Phi) is 3.75. The molecule has 0 aliphatic rings. The van der Waals surface area contributed by atoms with Gasteiger partial charge in [-0.2, -0.15) is 0 Å². The summed E-state index contributed by atoms with van der Waals surface area (Å²) < 4.78 is 5.13. The highest BCUT2D eigenvalue weighted by molar-refractivity contribution is 6.30. The van der Waals surface area contributed by atoms with Crippen LogP contribution in [0.15, 0.2) is 42.5 Å². The molecule has 18 heavy (non-hydrogen) atoms. The van der Waals surface area contributed by atoms with Crippen molar-refractivity contribution in [2.24, 2.45) is 0 Å². The lowest BCUT2D eigenvalue weighted by atomic mass is 10.00. The van der Waals surface area contributed by atoms with E-state index in [0.29, 0.717) is 27.6 Å². The van der Waals surface area contributed by atoms with E-state index in [1.807, 2.05) is 18.2 Å². The van der Waals surface area contributed by atoms with Crippen LogP contribution in [0, 0.1) is 0 Å². The Labute approximate surface area is 111 Å². The molecule has 0 bridgehead atoms. The zero-order valence-corrected chi connectivity index (χ0v) is 10.7. The third kappa shape index (κ3) is 2.58. The minimum Gasteiger partial charge on any atom is -0.497 e. The van der Waals surface area contributed by atoms with Gasteiger partial charge in [-0.15, -0.1) is 0 Å². The van der Waals surface area contributed by atoms with E-state index in [9.17, 15) is 5.11 Å². The number of aliphatic hydroxyl groups excluding tert-OH is 1. The Bertz CT molecular complexity index is 557. The monoisotopic (exact) mass is 263 g/mol. The number of halogens is 1. The first-order chi connectivity index (χ1) is 8.61. The lowest BCUT2D eigenvalue weighted by Crippen LogP contribution is -2.04. The van der Waals surface area contributed by atoms with Crippen molar-refractivity contribution in [2.45, 2.75) is 6.10 Å². The second kappa shape index (κ2) is 5.29. The molecule has 0 heterocycles. The summed E-state index contributed by atoms with van der Waals surface area (Å²) >= 11 is 5.92. The maximum atomic E-state index is 10.3. The van der Waals surface area contributed by atoms with Crippen molar-refractivity contribution in [2.75, 3.05) is 12.8 Å². The smallest absolute Gasteiger partial charge is 0.119 e. The van der Waals surface area contributed by atoms with Gasteiger partial charge >= 0.3 is 0 Å². The van der Waals surface area contributed by atoms with Gasteiger partial charge in [0, 0.05) is 16.3 Å². The molecule has 0 aliphatic heterocycles. The van der Waals surface area contributed by atoms with E-state index < -0.39 is 6.10 Å². The molecule has 3 nitrogen and oxygen atoms in total. The van der Waals surface area contributed by atoms with Crippen molar-refractivity contribution in [3.05, 3.63) is 58.6 Å². The van der Waals surface area contributed by atoms with Gasteiger partial charge in [-0.05, 0) is 35.9 Å². The van der Waals surface area contributed by atoms with Crippen LogP contribution in [0.3, 0.4) is 0 Å². The number of aliphatic hydroxyl groups is 1. The molecule has 0 amide bonds. The number of methoxy groups -OCH3 is 1. The first-order valence-electron chi connectivity index (χ1n) is 5.48. The summed E-state index contributed by atoms with van der Waals surface area (Å²) in [5, 5.41) is 10.9. The SMILES string of the molecule is COc1cccc([C@H](O)c2cc(Cl)ccc2N)c1. The average Bonchev–Trinajstić information content (AvgIpc) is 2.41. The van der Waals surface area contributed by atoms with E-state index in [2.05, 4.69) is 0 Å². The molecule has 0 saturated carbocycles. The molecule has 2 rings (SSSR count). The molecule has 3 N–H and O–H groups in total. The molecule has 1 atom stereocenters. The van der Waals surface area contributed by atoms with Crippen LogP contribution in [-0.4, -0.2) is 12.2 Å². The molecule has 2 aromatic carbocycles. The number of nitrogens with two attached hydrogens (primary N) is 1. The molecule has 0 aliphatic carbocycles. The van der Waals surface area contributed by atoms with Gasteiger partial charge in [0.2, 0.25) is 0 Å². The summed E-state index contributed by atoms with van der Waals surface area (Å²) in [4.78, 5) is 0. The standard InChI is InChI=1S/C14H14ClNO2/c1-18-11-4-2-3-9(7-11)14(17)12-8-10(15)5-6-13(12)16/h2-8,14,17H,16H2,1H3/t14-/m0/s1. The van der Waals surface area contributed by atoms with Crippen LogP contribution in [0.1, 0.15) is 17.2 Å². The summed E-state index contributed by atoms with van der Waals surface area (Å²) in [5.41, 5.74) is 7.66. The minimum absolute atomic E-state index is 0.509. The Hall–Kier alpha value is -1.71. The largest absolute Gasteiger partial charge is 0.497 e. The normalized spacial score (nSPS) is 12.2. The third-order valence-corrected chi connectivity index (χ3v) is 2.99. The van der Waals surface area contributed by atoms with Gasteiger partial charge in [0.1, 0.15) is 11.9 Å². The molecule has 0 spiro atoms. The van der Waals surface area contributed by atoms with Crippen molar-refractivity contribution >= 4 is 17.3 Å². The second-order valence-electron chi connectivity index (χ2n) is 3.95. The van der Waals surface area contributed by atoms with Crippen LogP contribution in [0.4, 0.5) is 5.69 Å². The predicted molar refractivity (Wildman–Crippen MR) is 72.9 cm³/mol. The van der Waals surface area contributed by atoms with Crippen LogP contribution in [0.2, 0.25) is 5.02 Å². The van der Waals surface area contributed by atoms with Gasteiger partial charge < -0.3 is 15.6 Å². The highest BCUT2D eigenvalue weighted by Gasteiger charge is 2.14. The number of anilines is 1. The van der Waals surface area contributed by atoms with Gasteiger partial charge in [0.15, 0.2) is 0 Å². The van der Waals surface area contributed by atoms with Crippen LogP contribution < -0.4 is 10.5 Å². The number of rotatable bonds is 3. The summed E-state index contributed by atoms with van der Waals surface area (Å²) in [6, 6.07) is 12.3. The summed E-state index contributed by atoms with van der Waals surface area (Å²) in [6.07, 6.45) is -0.821. The van der Waals surface area contributed by atoms with Crippen molar-refractivity contribution in [1.29, 1.82) is 0 Å². The fourth-order valence-electron chi connectivity index (χ4n) is 1.77. The maximum absolute atomic E-state index is 10.3. The zero-order valence-electron chi connectivity index (χ0n) is 9.93. The topological polar surface area (TPSA) is 55.5 Å². The number of ether oxygens (including phenoxy) is 1. The second-order valence-corrected chi connectivity index (χ2v) is 4.39. The lowest BCUT2D eigenvalue weighted by molar-refractivity contribution is 0.220. The highest BCUT2D eigenvalue weighted by Crippen LogP contribution is 2.30. The molecule has 0 fully saturated rings. The van der Waals surface area contributed by atoms with E-state index in [1.54, 1.807) is 31.4 Å². The van der Waals surface area contributed by atoms with E-state index in [1.165, 1.54) is 0 Å². The zero-order chi connectivity index (χ0) is 13.1. The van der Waals surface area contributed by atoms with Crippen LogP contribution in [0.5, 0.6) is 5.75 Å². The van der Waals surface area contributed by atoms with Crippen molar-refractivity contribution in [3.63, 3.8) is 0 Å². The van der Waals surface area contributed by atoms with E-state index in [4.69, 9.17) is 22.1 Å². The average molecular weight is 264 g/mol. The third-order valence-electron chi connectivity index (χ3n) is 2.75. The van der Waals surface area contributed by atoms with Gasteiger partial charge in [-0.25, -0.2) is 0 Å². The summed E-state index contributed by atoms with van der Waals surface area (Å²) in [6.45, 7) is 0. The lowest BCUT2D eigenvalue weighted by Gasteiger charge is -2.15. The molecule has 0 unspecified atom stereocenters. The summed E-state index contributed by atoms with van der Waals surface area (Å²) in [5.74, 6) is 0.687. The van der Waals surface area contributed by atoms with Crippen molar-refractivity contribution in [1.82, 2.24) is 0 Å². The van der Waals surface area contributed by atoms with Crippen LogP contribution in [-0.2, 0) is 0 Å². The van der Waals surface area contributed by atoms with Gasteiger partial charge in [-0.3, -0.25) is 0 Å². The van der Waals surface area contributed by atoms with Gasteiger partial charge in [0.25, 0.3) is 0 Å². The quantitative estimate of drug-likeness (QED) is 0.837. The molecule has 0 radical (unpaired) electrons. The number of benzene rings is 2. The molecule has 4 heteroatoms. The molecule has 0 saturated heterocycles. The number of hydrogen-bond acceptors (Lipinski definition) is 3. The molecular formula is C14H14ClNO2. The maximum Gasteiger partial charge on any atom is 0.119 e.